The largest absolute Gasteiger partial charge is 0.484 e. The minimum absolute atomic E-state index is 0.125. The molecular formula is C20H19ClN4O2. The highest BCUT2D eigenvalue weighted by atomic mass is 35.5. The van der Waals surface area contributed by atoms with Crippen LogP contribution in [0.15, 0.2) is 66.7 Å². The van der Waals surface area contributed by atoms with Crippen LogP contribution < -0.4 is 15.4 Å². The third-order valence-corrected chi connectivity index (χ3v) is 3.93. The van der Waals surface area contributed by atoms with E-state index in [0.717, 1.165) is 13.0 Å². The van der Waals surface area contributed by atoms with Crippen molar-refractivity contribution in [1.82, 2.24) is 10.2 Å². The van der Waals surface area contributed by atoms with Crippen LogP contribution >= 0.6 is 11.6 Å². The summed E-state index contributed by atoms with van der Waals surface area (Å²) in [5, 5.41) is 14.5. The van der Waals surface area contributed by atoms with E-state index in [0.29, 0.717) is 22.4 Å². The van der Waals surface area contributed by atoms with Crippen molar-refractivity contribution in [1.29, 1.82) is 0 Å². The van der Waals surface area contributed by atoms with E-state index in [1.807, 2.05) is 18.2 Å². The minimum atomic E-state index is -0.316. The molecule has 0 bridgehead atoms. The number of anilines is 2. The molecule has 2 aromatic carbocycles. The molecule has 0 atom stereocenters. The molecular weight excluding hydrogens is 364 g/mol. The average Bonchev–Trinajstić information content (AvgIpc) is 2.70. The maximum absolute atomic E-state index is 11.9. The fourth-order valence-electron chi connectivity index (χ4n) is 2.33. The van der Waals surface area contributed by atoms with Gasteiger partial charge in [0.1, 0.15) is 11.6 Å². The van der Waals surface area contributed by atoms with Crippen LogP contribution in [0, 0.1) is 0 Å². The van der Waals surface area contributed by atoms with Gasteiger partial charge in [0.25, 0.3) is 5.91 Å². The Balaban J connectivity index is 1.41. The lowest BCUT2D eigenvalue weighted by atomic mass is 10.1. The Morgan fingerprint density at radius 2 is 1.63 bits per heavy atom. The van der Waals surface area contributed by atoms with Gasteiger partial charge in [-0.1, -0.05) is 41.9 Å². The van der Waals surface area contributed by atoms with E-state index in [4.69, 9.17) is 16.3 Å². The van der Waals surface area contributed by atoms with Gasteiger partial charge in [-0.2, -0.15) is 0 Å². The summed E-state index contributed by atoms with van der Waals surface area (Å²) >= 11 is 5.80. The van der Waals surface area contributed by atoms with Gasteiger partial charge in [0, 0.05) is 11.6 Å². The molecule has 0 spiro atoms. The molecule has 2 N–H and O–H groups in total. The average molecular weight is 383 g/mol. The van der Waals surface area contributed by atoms with Crippen LogP contribution in [0.25, 0.3) is 0 Å². The Morgan fingerprint density at radius 3 is 2.33 bits per heavy atom. The second-order valence-electron chi connectivity index (χ2n) is 5.76. The summed E-state index contributed by atoms with van der Waals surface area (Å²) in [6.07, 6.45) is 0.892. The molecule has 7 heteroatoms. The molecule has 0 radical (unpaired) electrons. The number of rotatable bonds is 8. The molecule has 0 aliphatic heterocycles. The van der Waals surface area contributed by atoms with Crippen molar-refractivity contribution >= 4 is 29.1 Å². The van der Waals surface area contributed by atoms with Crippen molar-refractivity contribution in [3.8, 4) is 5.75 Å². The summed E-state index contributed by atoms with van der Waals surface area (Å²) < 4.78 is 5.38. The molecule has 1 aromatic heterocycles. The summed E-state index contributed by atoms with van der Waals surface area (Å²) in [7, 11) is 0. The molecule has 0 saturated heterocycles. The van der Waals surface area contributed by atoms with Gasteiger partial charge >= 0.3 is 0 Å². The Kier molecular flexibility index (Phi) is 6.60. The minimum Gasteiger partial charge on any atom is -0.484 e. The zero-order valence-corrected chi connectivity index (χ0v) is 15.3. The molecule has 6 nitrogen and oxygen atoms in total. The topological polar surface area (TPSA) is 76.1 Å². The Hall–Kier alpha value is -3.12. The summed E-state index contributed by atoms with van der Waals surface area (Å²) in [5.41, 5.74) is 1.25. The van der Waals surface area contributed by atoms with E-state index in [2.05, 4.69) is 33.0 Å². The molecule has 0 aliphatic rings. The quantitative estimate of drug-likeness (QED) is 0.619. The van der Waals surface area contributed by atoms with Gasteiger partial charge in [0.15, 0.2) is 12.4 Å². The first-order valence-corrected chi connectivity index (χ1v) is 8.86. The summed E-state index contributed by atoms with van der Waals surface area (Å²) in [6.45, 7) is 0.625. The van der Waals surface area contributed by atoms with Crippen LogP contribution in [0.1, 0.15) is 5.56 Å². The fourth-order valence-corrected chi connectivity index (χ4v) is 2.46. The zero-order chi connectivity index (χ0) is 18.9. The number of hydrogen-bond acceptors (Lipinski definition) is 5. The molecule has 27 heavy (non-hydrogen) atoms. The van der Waals surface area contributed by atoms with Crippen LogP contribution in [0.3, 0.4) is 0 Å². The lowest BCUT2D eigenvalue weighted by Gasteiger charge is -2.08. The third-order valence-electron chi connectivity index (χ3n) is 3.68. The number of ether oxygens (including phenoxy) is 1. The number of carbonyl (C=O) groups is 1. The number of benzene rings is 2. The highest BCUT2D eigenvalue weighted by Gasteiger charge is 2.06. The molecule has 3 rings (SSSR count). The van der Waals surface area contributed by atoms with E-state index < -0.39 is 0 Å². The first-order valence-electron chi connectivity index (χ1n) is 8.49. The van der Waals surface area contributed by atoms with Gasteiger partial charge < -0.3 is 15.4 Å². The first-order chi connectivity index (χ1) is 13.2. The number of nitrogens with one attached hydrogen (secondary N) is 2. The summed E-state index contributed by atoms with van der Waals surface area (Å²) in [4.78, 5) is 11.9. The molecule has 138 valence electrons. The summed E-state index contributed by atoms with van der Waals surface area (Å²) in [5.74, 6) is 1.28. The van der Waals surface area contributed by atoms with Crippen LogP contribution in [-0.2, 0) is 11.2 Å². The second-order valence-corrected chi connectivity index (χ2v) is 6.19. The smallest absolute Gasteiger partial charge is 0.263 e. The van der Waals surface area contributed by atoms with Gasteiger partial charge in [-0.3, -0.25) is 4.79 Å². The van der Waals surface area contributed by atoms with Crippen molar-refractivity contribution < 1.29 is 9.53 Å². The van der Waals surface area contributed by atoms with Crippen molar-refractivity contribution in [2.24, 2.45) is 0 Å². The SMILES string of the molecule is O=C(COc1ccc(Cl)cc1)Nc1ccc(NCCc2ccccc2)nn1. The van der Waals surface area contributed by atoms with Crippen LogP contribution in [-0.4, -0.2) is 29.3 Å². The second kappa shape index (κ2) is 9.54. The van der Waals surface area contributed by atoms with Crippen molar-refractivity contribution in [3.05, 3.63) is 77.3 Å². The van der Waals surface area contributed by atoms with Gasteiger partial charge in [-0.25, -0.2) is 0 Å². The highest BCUT2D eigenvalue weighted by Crippen LogP contribution is 2.15. The van der Waals surface area contributed by atoms with Crippen LogP contribution in [0.4, 0.5) is 11.6 Å². The highest BCUT2D eigenvalue weighted by molar-refractivity contribution is 6.30. The van der Waals surface area contributed by atoms with Crippen LogP contribution in [0.2, 0.25) is 5.02 Å². The Labute approximate surface area is 162 Å². The van der Waals surface area contributed by atoms with Gasteiger partial charge in [-0.05, 0) is 48.4 Å². The number of halogens is 1. The Morgan fingerprint density at radius 1 is 0.926 bits per heavy atom. The molecule has 0 unspecified atom stereocenters. The zero-order valence-electron chi connectivity index (χ0n) is 14.6. The van der Waals surface area contributed by atoms with Crippen molar-refractivity contribution in [2.45, 2.75) is 6.42 Å². The third kappa shape index (κ3) is 6.27. The Bertz CT molecular complexity index is 855. The van der Waals surface area contributed by atoms with Crippen molar-refractivity contribution in [3.63, 3.8) is 0 Å². The fraction of sp³-hybridized carbons (Fsp3) is 0.150. The summed E-state index contributed by atoms with van der Waals surface area (Å²) in [6, 6.07) is 20.5. The maximum Gasteiger partial charge on any atom is 0.263 e. The molecule has 0 aliphatic carbocycles. The predicted molar refractivity (Wildman–Crippen MR) is 106 cm³/mol. The standard InChI is InChI=1S/C20H19ClN4O2/c21-16-6-8-17(9-7-16)27-14-20(26)23-19-11-10-18(24-25-19)22-13-12-15-4-2-1-3-5-15/h1-11H,12-14H2,(H,22,24)(H,23,25,26). The van der Waals surface area contributed by atoms with Gasteiger partial charge in [0.05, 0.1) is 0 Å². The van der Waals surface area contributed by atoms with E-state index in [1.54, 1.807) is 36.4 Å². The van der Waals surface area contributed by atoms with E-state index in [9.17, 15) is 4.79 Å². The lowest BCUT2D eigenvalue weighted by Crippen LogP contribution is -2.21. The molecule has 0 saturated carbocycles. The lowest BCUT2D eigenvalue weighted by molar-refractivity contribution is -0.118. The predicted octanol–water partition coefficient (Wildman–Crippen LogP) is 3.80. The number of carbonyl (C=O) groups excluding carboxylic acids is 1. The van der Waals surface area contributed by atoms with Gasteiger partial charge in [0.2, 0.25) is 0 Å². The van der Waals surface area contributed by atoms with E-state index >= 15 is 0 Å². The number of hydrogen-bond donors (Lipinski definition) is 2. The van der Waals surface area contributed by atoms with E-state index in [-0.39, 0.29) is 12.5 Å². The van der Waals surface area contributed by atoms with Gasteiger partial charge in [-0.15, -0.1) is 10.2 Å². The first kappa shape index (κ1) is 18.7. The molecule has 0 fully saturated rings. The number of amides is 1. The molecule has 1 heterocycles. The van der Waals surface area contributed by atoms with Crippen LogP contribution in [0.5, 0.6) is 5.75 Å². The molecule has 1 amide bonds. The normalized spacial score (nSPS) is 10.3. The monoisotopic (exact) mass is 382 g/mol. The maximum atomic E-state index is 11.9. The number of nitrogens with zero attached hydrogens (tertiary/aromatic N) is 2. The van der Waals surface area contributed by atoms with E-state index in [1.165, 1.54) is 5.56 Å². The van der Waals surface area contributed by atoms with Crippen molar-refractivity contribution in [2.75, 3.05) is 23.8 Å². The number of aromatic nitrogens is 2. The molecule has 3 aromatic rings.